The smallest absolute Gasteiger partial charge is 0.0938 e. The molecule has 0 amide bonds. The molecule has 66 valence electrons. The lowest BCUT2D eigenvalue weighted by Gasteiger charge is -2.27. The highest BCUT2D eigenvalue weighted by atomic mass is 15.3. The first-order valence-electron chi connectivity index (χ1n) is 4.78. The molecule has 0 saturated heterocycles. The van der Waals surface area contributed by atoms with Crippen LogP contribution in [0.4, 0.5) is 0 Å². The van der Waals surface area contributed by atoms with Crippen molar-refractivity contribution in [3.8, 4) is 0 Å². The molecule has 2 nitrogen and oxygen atoms in total. The van der Waals surface area contributed by atoms with Crippen molar-refractivity contribution in [2.45, 2.75) is 26.2 Å². The van der Waals surface area contributed by atoms with Gasteiger partial charge in [0.2, 0.25) is 0 Å². The topological polar surface area (TPSA) is 6.48 Å². The van der Waals surface area contributed by atoms with Gasteiger partial charge in [-0.2, -0.15) is 0 Å². The lowest BCUT2D eigenvalue weighted by Crippen LogP contribution is -2.26. The molecule has 1 aliphatic heterocycles. The molecule has 0 aromatic carbocycles. The zero-order chi connectivity index (χ0) is 8.39. The van der Waals surface area contributed by atoms with Gasteiger partial charge in [0.05, 0.1) is 6.67 Å². The van der Waals surface area contributed by atoms with E-state index in [4.69, 9.17) is 0 Å². The van der Waals surface area contributed by atoms with E-state index in [9.17, 15) is 0 Å². The maximum absolute atomic E-state index is 2.36. The van der Waals surface area contributed by atoms with E-state index in [0.717, 1.165) is 6.67 Å². The van der Waals surface area contributed by atoms with E-state index in [1.54, 1.807) is 0 Å². The van der Waals surface area contributed by atoms with Crippen molar-refractivity contribution < 1.29 is 0 Å². The summed E-state index contributed by atoms with van der Waals surface area (Å²) in [5.41, 5.74) is 1.50. The van der Waals surface area contributed by atoms with Crippen molar-refractivity contribution in [2.24, 2.45) is 0 Å². The summed E-state index contributed by atoms with van der Waals surface area (Å²) in [5.74, 6) is 0. The molecular weight excluding hydrogens is 148 g/mol. The van der Waals surface area contributed by atoms with Crippen LogP contribution >= 0.6 is 0 Å². The van der Waals surface area contributed by atoms with Gasteiger partial charge >= 0.3 is 0 Å². The first kappa shape index (κ1) is 7.71. The summed E-state index contributed by atoms with van der Waals surface area (Å²) in [7, 11) is 0. The van der Waals surface area contributed by atoms with Gasteiger partial charge in [0.25, 0.3) is 0 Å². The van der Waals surface area contributed by atoms with Crippen molar-refractivity contribution in [2.75, 3.05) is 13.2 Å². The molecule has 0 fully saturated rings. The number of rotatable bonds is 3. The summed E-state index contributed by atoms with van der Waals surface area (Å²) in [6.07, 6.45) is 10.5. The Bertz CT molecular complexity index is 218. The van der Waals surface area contributed by atoms with Gasteiger partial charge in [0, 0.05) is 24.6 Å². The van der Waals surface area contributed by atoms with Crippen LogP contribution in [0.1, 0.15) is 26.2 Å². The Kier molecular flexibility index (Phi) is 2.07. The Balaban J connectivity index is 1.86. The third-order valence-electron chi connectivity index (χ3n) is 2.45. The van der Waals surface area contributed by atoms with Gasteiger partial charge < -0.3 is 9.80 Å². The van der Waals surface area contributed by atoms with Crippen molar-refractivity contribution >= 4 is 0 Å². The van der Waals surface area contributed by atoms with Crippen LogP contribution < -0.4 is 0 Å². The minimum atomic E-state index is 1.07. The van der Waals surface area contributed by atoms with Crippen molar-refractivity contribution in [1.29, 1.82) is 0 Å². The average molecular weight is 164 g/mol. The van der Waals surface area contributed by atoms with E-state index in [2.05, 4.69) is 35.2 Å². The summed E-state index contributed by atoms with van der Waals surface area (Å²) in [6, 6.07) is 0. The standard InChI is InChI=1S/C10H16N2/c1-2-6-11-7-8-12(9-11)10-4-3-5-10/h4,7-8H,2-3,5-6,9H2,1H3. The quantitative estimate of drug-likeness (QED) is 0.630. The fourth-order valence-electron chi connectivity index (χ4n) is 1.62. The van der Waals surface area contributed by atoms with Gasteiger partial charge in [-0.25, -0.2) is 0 Å². The van der Waals surface area contributed by atoms with Gasteiger partial charge in [-0.05, 0) is 19.3 Å². The Morgan fingerprint density at radius 3 is 2.83 bits per heavy atom. The molecule has 2 aliphatic rings. The normalized spacial score (nSPS) is 21.2. The van der Waals surface area contributed by atoms with Crippen LogP contribution in [-0.4, -0.2) is 23.0 Å². The number of nitrogens with zero attached hydrogens (tertiary/aromatic N) is 2. The van der Waals surface area contributed by atoms with Crippen molar-refractivity contribution in [1.82, 2.24) is 9.80 Å². The molecule has 0 unspecified atom stereocenters. The Morgan fingerprint density at radius 2 is 2.25 bits per heavy atom. The lowest BCUT2D eigenvalue weighted by atomic mass is 10.1. The Hall–Kier alpha value is -0.920. The third kappa shape index (κ3) is 1.33. The van der Waals surface area contributed by atoms with Crippen molar-refractivity contribution in [3.05, 3.63) is 24.2 Å². The highest BCUT2D eigenvalue weighted by Crippen LogP contribution is 2.25. The van der Waals surface area contributed by atoms with Gasteiger partial charge in [0.15, 0.2) is 0 Å². The highest BCUT2D eigenvalue weighted by molar-refractivity contribution is 5.15. The van der Waals surface area contributed by atoms with E-state index >= 15 is 0 Å². The minimum Gasteiger partial charge on any atom is -0.358 e. The maximum Gasteiger partial charge on any atom is 0.0938 e. The van der Waals surface area contributed by atoms with E-state index in [1.165, 1.54) is 31.5 Å². The molecule has 1 aliphatic carbocycles. The zero-order valence-corrected chi connectivity index (χ0v) is 7.66. The van der Waals surface area contributed by atoms with Gasteiger partial charge in [0.1, 0.15) is 0 Å². The average Bonchev–Trinajstić information content (AvgIpc) is 2.34. The van der Waals surface area contributed by atoms with E-state index in [0.29, 0.717) is 0 Å². The second-order valence-corrected chi connectivity index (χ2v) is 3.46. The minimum absolute atomic E-state index is 1.07. The van der Waals surface area contributed by atoms with E-state index < -0.39 is 0 Å². The molecule has 0 aromatic heterocycles. The second kappa shape index (κ2) is 3.21. The van der Waals surface area contributed by atoms with Crippen LogP contribution in [0.5, 0.6) is 0 Å². The summed E-state index contributed by atoms with van der Waals surface area (Å²) < 4.78 is 0. The molecule has 1 heterocycles. The molecule has 0 atom stereocenters. The fraction of sp³-hybridized carbons (Fsp3) is 0.600. The van der Waals surface area contributed by atoms with Crippen LogP contribution in [0.2, 0.25) is 0 Å². The first-order chi connectivity index (χ1) is 5.90. The Morgan fingerprint density at radius 1 is 1.42 bits per heavy atom. The molecule has 2 rings (SSSR count). The van der Waals surface area contributed by atoms with Crippen LogP contribution in [0.25, 0.3) is 0 Å². The molecule has 0 aromatic rings. The molecule has 12 heavy (non-hydrogen) atoms. The molecule has 0 spiro atoms. The monoisotopic (exact) mass is 164 g/mol. The Labute approximate surface area is 74.2 Å². The predicted molar refractivity (Wildman–Crippen MR) is 50.2 cm³/mol. The highest BCUT2D eigenvalue weighted by Gasteiger charge is 2.17. The maximum atomic E-state index is 2.36. The van der Waals surface area contributed by atoms with Gasteiger partial charge in [-0.3, -0.25) is 0 Å². The molecule has 0 bridgehead atoms. The molecule has 2 heteroatoms. The largest absolute Gasteiger partial charge is 0.358 e. The summed E-state index contributed by atoms with van der Waals surface area (Å²) in [6.45, 7) is 4.47. The van der Waals surface area contributed by atoms with Crippen LogP contribution in [0.15, 0.2) is 24.2 Å². The zero-order valence-electron chi connectivity index (χ0n) is 7.66. The third-order valence-corrected chi connectivity index (χ3v) is 2.45. The van der Waals surface area contributed by atoms with Crippen LogP contribution in [0, 0.1) is 0 Å². The lowest BCUT2D eigenvalue weighted by molar-refractivity contribution is 0.290. The molecule has 0 N–H and O–H groups in total. The number of hydrogen-bond donors (Lipinski definition) is 0. The SMILES string of the molecule is CCCN1C=CN(C2=CCC2)C1. The molecule has 0 saturated carbocycles. The predicted octanol–water partition coefficient (Wildman–Crippen LogP) is 2.12. The summed E-state index contributed by atoms with van der Waals surface area (Å²) in [4.78, 5) is 4.71. The van der Waals surface area contributed by atoms with Crippen LogP contribution in [-0.2, 0) is 0 Å². The number of allylic oxidation sites excluding steroid dienone is 2. The molecule has 0 radical (unpaired) electrons. The second-order valence-electron chi connectivity index (χ2n) is 3.46. The van der Waals surface area contributed by atoms with Gasteiger partial charge in [-0.1, -0.05) is 13.0 Å². The first-order valence-corrected chi connectivity index (χ1v) is 4.78. The molecular formula is C10H16N2. The fourth-order valence-corrected chi connectivity index (χ4v) is 1.62. The van der Waals surface area contributed by atoms with Crippen LogP contribution in [0.3, 0.4) is 0 Å². The van der Waals surface area contributed by atoms with Gasteiger partial charge in [-0.15, -0.1) is 0 Å². The summed E-state index contributed by atoms with van der Waals surface area (Å²) in [5, 5.41) is 0. The van der Waals surface area contributed by atoms with E-state index in [1.807, 2.05) is 0 Å². The number of hydrogen-bond acceptors (Lipinski definition) is 2. The summed E-state index contributed by atoms with van der Waals surface area (Å²) >= 11 is 0. The van der Waals surface area contributed by atoms with E-state index in [-0.39, 0.29) is 0 Å². The van der Waals surface area contributed by atoms with Crippen molar-refractivity contribution in [3.63, 3.8) is 0 Å².